The highest BCUT2D eigenvalue weighted by Crippen LogP contribution is 2.13. The Hall–Kier alpha value is -2.30. The van der Waals surface area contributed by atoms with Crippen LogP contribution in [-0.4, -0.2) is 17.1 Å². The first-order chi connectivity index (χ1) is 9.58. The number of hydrogen-bond acceptors (Lipinski definition) is 4. The van der Waals surface area contributed by atoms with E-state index in [1.807, 2.05) is 38.1 Å². The zero-order chi connectivity index (χ0) is 14.5. The van der Waals surface area contributed by atoms with E-state index in [4.69, 9.17) is 4.74 Å². The van der Waals surface area contributed by atoms with E-state index in [0.717, 1.165) is 11.3 Å². The molecule has 2 rings (SSSR count). The number of nitrogens with one attached hydrogen (secondary N) is 2. The zero-order valence-corrected chi connectivity index (χ0v) is 11.9. The Kier molecular flexibility index (Phi) is 4.40. The fourth-order valence-electron chi connectivity index (χ4n) is 1.78. The molecule has 0 unspecified atom stereocenters. The van der Waals surface area contributed by atoms with E-state index in [2.05, 4.69) is 15.3 Å². The maximum Gasteiger partial charge on any atom is 0.252 e. The highest BCUT2D eigenvalue weighted by atomic mass is 16.5. The second-order valence-electron chi connectivity index (χ2n) is 4.87. The number of nitrogens with zero attached hydrogens (tertiary/aromatic N) is 1. The van der Waals surface area contributed by atoms with Crippen LogP contribution in [0.15, 0.2) is 35.1 Å². The summed E-state index contributed by atoms with van der Waals surface area (Å²) in [5, 5.41) is 3.16. The van der Waals surface area contributed by atoms with Crippen LogP contribution in [0.4, 0.5) is 5.82 Å². The van der Waals surface area contributed by atoms with Crippen LogP contribution in [0.1, 0.15) is 31.2 Å². The quantitative estimate of drug-likeness (QED) is 0.878. The van der Waals surface area contributed by atoms with Gasteiger partial charge < -0.3 is 15.0 Å². The van der Waals surface area contributed by atoms with Gasteiger partial charge in [0.1, 0.15) is 17.4 Å². The summed E-state index contributed by atoms with van der Waals surface area (Å²) in [5.41, 5.74) is 0.958. The van der Waals surface area contributed by atoms with Crippen LogP contribution in [0, 0.1) is 0 Å². The van der Waals surface area contributed by atoms with Crippen LogP contribution in [-0.2, 0) is 6.54 Å². The maximum absolute atomic E-state index is 11.6. The Bertz CT molecular complexity index is 618. The fraction of sp³-hybridized carbons (Fsp3) is 0.333. The minimum atomic E-state index is -0.138. The molecule has 0 atom stereocenters. The van der Waals surface area contributed by atoms with Gasteiger partial charge in [0.2, 0.25) is 0 Å². The van der Waals surface area contributed by atoms with Crippen LogP contribution in [0.25, 0.3) is 0 Å². The summed E-state index contributed by atoms with van der Waals surface area (Å²) in [4.78, 5) is 18.7. The molecule has 0 saturated heterocycles. The second-order valence-corrected chi connectivity index (χ2v) is 4.87. The van der Waals surface area contributed by atoms with Crippen molar-refractivity contribution in [2.24, 2.45) is 0 Å². The minimum absolute atomic E-state index is 0.138. The first-order valence-electron chi connectivity index (χ1n) is 6.56. The third-order valence-corrected chi connectivity index (χ3v) is 2.94. The number of benzene rings is 1. The number of anilines is 1. The second kappa shape index (κ2) is 6.23. The molecule has 106 valence electrons. The predicted octanol–water partition coefficient (Wildman–Crippen LogP) is 2.51. The molecule has 20 heavy (non-hydrogen) atoms. The first-order valence-corrected chi connectivity index (χ1v) is 6.56. The molecule has 0 aliphatic carbocycles. The number of hydrogen-bond donors (Lipinski definition) is 2. The molecule has 5 nitrogen and oxygen atoms in total. The molecule has 0 spiro atoms. The molecule has 0 fully saturated rings. The average Bonchev–Trinajstić information content (AvgIpc) is 2.45. The predicted molar refractivity (Wildman–Crippen MR) is 79.3 cm³/mol. The minimum Gasteiger partial charge on any atom is -0.497 e. The lowest BCUT2D eigenvalue weighted by molar-refractivity contribution is 0.414. The third kappa shape index (κ3) is 3.60. The van der Waals surface area contributed by atoms with Gasteiger partial charge in [-0.3, -0.25) is 4.79 Å². The molecular weight excluding hydrogens is 254 g/mol. The average molecular weight is 273 g/mol. The van der Waals surface area contributed by atoms with Crippen LogP contribution in [0.3, 0.4) is 0 Å². The Morgan fingerprint density at radius 1 is 1.30 bits per heavy atom. The number of ether oxygens (including phenoxy) is 1. The van der Waals surface area contributed by atoms with E-state index >= 15 is 0 Å². The Morgan fingerprint density at radius 3 is 2.60 bits per heavy atom. The van der Waals surface area contributed by atoms with E-state index < -0.39 is 0 Å². The van der Waals surface area contributed by atoms with Gasteiger partial charge in [-0.1, -0.05) is 26.0 Å². The van der Waals surface area contributed by atoms with Gasteiger partial charge >= 0.3 is 0 Å². The number of aromatic amines is 1. The van der Waals surface area contributed by atoms with Crippen molar-refractivity contribution in [2.45, 2.75) is 26.3 Å². The monoisotopic (exact) mass is 273 g/mol. The summed E-state index contributed by atoms with van der Waals surface area (Å²) in [6.07, 6.45) is 0. The van der Waals surface area contributed by atoms with Gasteiger partial charge in [0, 0.05) is 18.5 Å². The molecule has 0 radical (unpaired) electrons. The Balaban J connectivity index is 2.08. The lowest BCUT2D eigenvalue weighted by atomic mass is 10.2. The van der Waals surface area contributed by atoms with E-state index in [9.17, 15) is 4.79 Å². The standard InChI is InChI=1S/C15H19N3O2/c1-10(2)15-17-13(8-14(19)18-15)16-9-11-4-6-12(20-3)7-5-11/h4-8,10H,9H2,1-3H3,(H2,16,17,18,19). The lowest BCUT2D eigenvalue weighted by Crippen LogP contribution is -2.14. The van der Waals surface area contributed by atoms with Gasteiger partial charge in [-0.2, -0.15) is 0 Å². The molecule has 5 heteroatoms. The molecule has 0 bridgehead atoms. The van der Waals surface area contributed by atoms with Crippen molar-refractivity contribution in [3.8, 4) is 5.75 Å². The van der Waals surface area contributed by atoms with Crippen molar-refractivity contribution in [3.05, 3.63) is 52.1 Å². The van der Waals surface area contributed by atoms with Gasteiger partial charge in [0.15, 0.2) is 0 Å². The van der Waals surface area contributed by atoms with Crippen LogP contribution >= 0.6 is 0 Å². The molecule has 1 aromatic carbocycles. The normalized spacial score (nSPS) is 10.6. The van der Waals surface area contributed by atoms with E-state index in [1.165, 1.54) is 6.07 Å². The Labute approximate surface area is 118 Å². The molecule has 2 aromatic rings. The zero-order valence-electron chi connectivity index (χ0n) is 11.9. The van der Waals surface area contributed by atoms with Crippen molar-refractivity contribution in [3.63, 3.8) is 0 Å². The fourth-order valence-corrected chi connectivity index (χ4v) is 1.78. The summed E-state index contributed by atoms with van der Waals surface area (Å²) in [6.45, 7) is 4.59. The molecule has 0 amide bonds. The van der Waals surface area contributed by atoms with Gasteiger partial charge in [-0.25, -0.2) is 4.98 Å². The molecule has 0 aliphatic rings. The molecule has 2 N–H and O–H groups in total. The number of rotatable bonds is 5. The Morgan fingerprint density at radius 2 is 2.00 bits per heavy atom. The van der Waals surface area contributed by atoms with Gasteiger partial charge in [-0.15, -0.1) is 0 Å². The summed E-state index contributed by atoms with van der Waals surface area (Å²) >= 11 is 0. The maximum atomic E-state index is 11.6. The largest absolute Gasteiger partial charge is 0.497 e. The van der Waals surface area contributed by atoms with Crippen molar-refractivity contribution >= 4 is 5.82 Å². The van der Waals surface area contributed by atoms with E-state index in [1.54, 1.807) is 7.11 Å². The number of H-pyrrole nitrogens is 1. The van der Waals surface area contributed by atoms with Gasteiger partial charge in [-0.05, 0) is 17.7 Å². The van der Waals surface area contributed by atoms with Gasteiger partial charge in [0.05, 0.1) is 7.11 Å². The van der Waals surface area contributed by atoms with E-state index in [0.29, 0.717) is 18.2 Å². The summed E-state index contributed by atoms with van der Waals surface area (Å²) in [7, 11) is 1.64. The summed E-state index contributed by atoms with van der Waals surface area (Å²) < 4.78 is 5.11. The number of aromatic nitrogens is 2. The van der Waals surface area contributed by atoms with Crippen molar-refractivity contribution in [1.29, 1.82) is 0 Å². The summed E-state index contributed by atoms with van der Waals surface area (Å²) in [6, 6.07) is 9.23. The molecular formula is C15H19N3O2. The van der Waals surface area contributed by atoms with Crippen LogP contribution in [0.2, 0.25) is 0 Å². The highest BCUT2D eigenvalue weighted by molar-refractivity contribution is 5.36. The molecule has 1 heterocycles. The lowest BCUT2D eigenvalue weighted by Gasteiger charge is -2.09. The van der Waals surface area contributed by atoms with Crippen molar-refractivity contribution < 1.29 is 4.74 Å². The van der Waals surface area contributed by atoms with E-state index in [-0.39, 0.29) is 11.5 Å². The van der Waals surface area contributed by atoms with Crippen molar-refractivity contribution in [1.82, 2.24) is 9.97 Å². The molecule has 0 saturated carbocycles. The summed E-state index contributed by atoms with van der Waals surface area (Å²) in [5.74, 6) is 2.29. The molecule has 0 aliphatic heterocycles. The number of methoxy groups -OCH3 is 1. The van der Waals surface area contributed by atoms with Crippen LogP contribution < -0.4 is 15.6 Å². The highest BCUT2D eigenvalue weighted by Gasteiger charge is 2.05. The first kappa shape index (κ1) is 14.1. The van der Waals surface area contributed by atoms with Crippen molar-refractivity contribution in [2.75, 3.05) is 12.4 Å². The SMILES string of the molecule is COc1ccc(CNc2cc(=O)[nH]c(C(C)C)n2)cc1. The topological polar surface area (TPSA) is 67.0 Å². The smallest absolute Gasteiger partial charge is 0.252 e. The third-order valence-electron chi connectivity index (χ3n) is 2.94. The molecule has 1 aromatic heterocycles. The van der Waals surface area contributed by atoms with Gasteiger partial charge in [0.25, 0.3) is 5.56 Å². The van der Waals surface area contributed by atoms with Crippen LogP contribution in [0.5, 0.6) is 5.75 Å².